The van der Waals surface area contributed by atoms with E-state index in [4.69, 9.17) is 10.4 Å². The van der Waals surface area contributed by atoms with Crippen LogP contribution in [-0.2, 0) is 6.54 Å². The fraction of sp³-hybridized carbons (Fsp3) is 0.300. The normalized spacial score (nSPS) is 15.4. The predicted molar refractivity (Wildman–Crippen MR) is 104 cm³/mol. The van der Waals surface area contributed by atoms with Crippen LogP contribution in [0.3, 0.4) is 0 Å². The molecule has 8 heteroatoms. The Balaban J connectivity index is 1.52. The van der Waals surface area contributed by atoms with Crippen molar-refractivity contribution in [2.45, 2.75) is 19.4 Å². The smallest absolute Gasteiger partial charge is 0.411 e. The molecule has 0 atom stereocenters. The standard InChI is InChI=1S/C20H20N6O2/c21-12-14-8-10-25(11-9-14)13-15-4-6-16(7-5-15)17-2-1-3-18-22-19(23-20(27)28)24-26(17)18/h1-7,14H,8-11,13H2,(H,23,24)(H,27,28). The van der Waals surface area contributed by atoms with E-state index in [0.717, 1.165) is 43.7 Å². The van der Waals surface area contributed by atoms with Crippen molar-refractivity contribution in [2.75, 3.05) is 18.4 Å². The van der Waals surface area contributed by atoms with Gasteiger partial charge in [0, 0.05) is 18.0 Å². The number of aromatic nitrogens is 3. The van der Waals surface area contributed by atoms with Crippen molar-refractivity contribution in [2.24, 2.45) is 5.92 Å². The van der Waals surface area contributed by atoms with Gasteiger partial charge in [0.05, 0.1) is 11.8 Å². The topological polar surface area (TPSA) is 107 Å². The molecule has 0 radical (unpaired) electrons. The van der Waals surface area contributed by atoms with E-state index in [2.05, 4.69) is 38.5 Å². The van der Waals surface area contributed by atoms with Crippen LogP contribution in [0.25, 0.3) is 16.9 Å². The maximum atomic E-state index is 10.8. The number of nitrogens with one attached hydrogen (secondary N) is 1. The van der Waals surface area contributed by atoms with Gasteiger partial charge in [-0.25, -0.2) is 9.31 Å². The highest BCUT2D eigenvalue weighted by atomic mass is 16.4. The van der Waals surface area contributed by atoms with E-state index in [1.165, 1.54) is 5.56 Å². The molecule has 8 nitrogen and oxygen atoms in total. The third-order valence-corrected chi connectivity index (χ3v) is 5.00. The summed E-state index contributed by atoms with van der Waals surface area (Å²) in [5.74, 6) is 0.250. The van der Waals surface area contributed by atoms with E-state index in [1.54, 1.807) is 10.6 Å². The molecule has 0 unspecified atom stereocenters. The molecule has 3 heterocycles. The summed E-state index contributed by atoms with van der Waals surface area (Å²) in [7, 11) is 0. The van der Waals surface area contributed by atoms with Crippen LogP contribution in [0.5, 0.6) is 0 Å². The molecule has 1 aliphatic rings. The lowest BCUT2D eigenvalue weighted by Gasteiger charge is -2.29. The fourth-order valence-electron chi connectivity index (χ4n) is 3.53. The van der Waals surface area contributed by atoms with Gasteiger partial charge >= 0.3 is 6.09 Å². The Labute approximate surface area is 162 Å². The molecule has 1 saturated heterocycles. The molecule has 2 N–H and O–H groups in total. The maximum absolute atomic E-state index is 10.8. The number of anilines is 1. The van der Waals surface area contributed by atoms with Gasteiger partial charge in [-0.2, -0.15) is 10.2 Å². The minimum absolute atomic E-state index is 0.0531. The lowest BCUT2D eigenvalue weighted by Crippen LogP contribution is -2.32. The third-order valence-electron chi connectivity index (χ3n) is 5.00. The zero-order valence-corrected chi connectivity index (χ0v) is 15.2. The van der Waals surface area contributed by atoms with E-state index < -0.39 is 6.09 Å². The number of nitrogens with zero attached hydrogens (tertiary/aromatic N) is 5. The molecule has 1 fully saturated rings. The molecule has 4 rings (SSSR count). The lowest BCUT2D eigenvalue weighted by molar-refractivity contribution is 0.198. The third kappa shape index (κ3) is 3.80. The van der Waals surface area contributed by atoms with Crippen molar-refractivity contribution >= 4 is 17.7 Å². The number of benzene rings is 1. The van der Waals surface area contributed by atoms with Crippen molar-refractivity contribution in [1.29, 1.82) is 5.26 Å². The van der Waals surface area contributed by atoms with E-state index in [-0.39, 0.29) is 11.9 Å². The van der Waals surface area contributed by atoms with Gasteiger partial charge in [0.2, 0.25) is 0 Å². The number of hydrogen-bond donors (Lipinski definition) is 2. The van der Waals surface area contributed by atoms with Crippen molar-refractivity contribution in [3.05, 3.63) is 48.0 Å². The van der Waals surface area contributed by atoms with Crippen LogP contribution in [0.4, 0.5) is 10.7 Å². The number of hydrogen-bond acceptors (Lipinski definition) is 5. The van der Waals surface area contributed by atoms with E-state index in [0.29, 0.717) is 5.65 Å². The number of piperidine rings is 1. The molecule has 0 saturated carbocycles. The first kappa shape index (κ1) is 17.9. The van der Waals surface area contributed by atoms with E-state index in [9.17, 15) is 4.79 Å². The van der Waals surface area contributed by atoms with Gasteiger partial charge in [0.25, 0.3) is 5.95 Å². The van der Waals surface area contributed by atoms with Gasteiger partial charge in [0.1, 0.15) is 0 Å². The number of rotatable bonds is 4. The summed E-state index contributed by atoms with van der Waals surface area (Å²) in [6.45, 7) is 2.79. The van der Waals surface area contributed by atoms with Crippen LogP contribution < -0.4 is 5.32 Å². The second kappa shape index (κ2) is 7.66. The summed E-state index contributed by atoms with van der Waals surface area (Å²) >= 11 is 0. The average molecular weight is 376 g/mol. The SMILES string of the molecule is N#CC1CCN(Cc2ccc(-c3cccc4nc(NC(=O)O)nn34)cc2)CC1. The van der Waals surface area contributed by atoms with Crippen LogP contribution in [0.15, 0.2) is 42.5 Å². The molecule has 28 heavy (non-hydrogen) atoms. The molecule has 0 aliphatic carbocycles. The first-order chi connectivity index (χ1) is 13.6. The molecule has 1 aromatic carbocycles. The van der Waals surface area contributed by atoms with E-state index >= 15 is 0 Å². The second-order valence-electron chi connectivity index (χ2n) is 6.92. The number of amides is 1. The number of pyridine rings is 1. The quantitative estimate of drug-likeness (QED) is 0.724. The summed E-state index contributed by atoms with van der Waals surface area (Å²) in [6, 6.07) is 16.2. The summed E-state index contributed by atoms with van der Waals surface area (Å²) in [6.07, 6.45) is 0.686. The van der Waals surface area contributed by atoms with Gasteiger partial charge < -0.3 is 5.11 Å². The Morgan fingerprint density at radius 2 is 1.96 bits per heavy atom. The monoisotopic (exact) mass is 376 g/mol. The predicted octanol–water partition coefficient (Wildman–Crippen LogP) is 3.22. The van der Waals surface area contributed by atoms with Gasteiger partial charge in [-0.15, -0.1) is 5.10 Å². The minimum Gasteiger partial charge on any atom is -0.465 e. The highest BCUT2D eigenvalue weighted by Gasteiger charge is 2.18. The first-order valence-corrected chi connectivity index (χ1v) is 9.19. The Bertz CT molecular complexity index is 1030. The minimum atomic E-state index is -1.19. The van der Waals surface area contributed by atoms with Crippen LogP contribution >= 0.6 is 0 Å². The van der Waals surface area contributed by atoms with Crippen LogP contribution in [0, 0.1) is 17.2 Å². The zero-order chi connectivity index (χ0) is 19.5. The molecular formula is C20H20N6O2. The Morgan fingerprint density at radius 3 is 2.64 bits per heavy atom. The lowest BCUT2D eigenvalue weighted by atomic mass is 9.98. The molecule has 0 spiro atoms. The van der Waals surface area contributed by atoms with Crippen LogP contribution in [-0.4, -0.2) is 43.8 Å². The Kier molecular flexibility index (Phi) is 4.91. The van der Waals surface area contributed by atoms with Crippen molar-refractivity contribution in [3.63, 3.8) is 0 Å². The first-order valence-electron chi connectivity index (χ1n) is 9.19. The second-order valence-corrected chi connectivity index (χ2v) is 6.92. The number of fused-ring (bicyclic) bond motifs is 1. The Hall–Kier alpha value is -3.44. The Morgan fingerprint density at radius 1 is 1.21 bits per heavy atom. The maximum Gasteiger partial charge on any atom is 0.411 e. The van der Waals surface area contributed by atoms with Crippen LogP contribution in [0.2, 0.25) is 0 Å². The van der Waals surface area contributed by atoms with Crippen molar-refractivity contribution in [1.82, 2.24) is 19.5 Å². The largest absolute Gasteiger partial charge is 0.465 e. The van der Waals surface area contributed by atoms with Gasteiger partial charge in [-0.05, 0) is 43.6 Å². The number of carbonyl (C=O) groups is 1. The number of nitriles is 1. The van der Waals surface area contributed by atoms with Crippen molar-refractivity contribution < 1.29 is 9.90 Å². The molecule has 0 bridgehead atoms. The van der Waals surface area contributed by atoms with Crippen molar-refractivity contribution in [3.8, 4) is 17.3 Å². The number of carboxylic acid groups (broad SMARTS) is 1. The molecule has 2 aromatic heterocycles. The van der Waals surface area contributed by atoms with Crippen LogP contribution in [0.1, 0.15) is 18.4 Å². The van der Waals surface area contributed by atoms with Gasteiger partial charge in [-0.3, -0.25) is 10.2 Å². The summed E-state index contributed by atoms with van der Waals surface area (Å²) in [5, 5.41) is 24.3. The summed E-state index contributed by atoms with van der Waals surface area (Å²) in [4.78, 5) is 17.4. The molecular weight excluding hydrogens is 356 g/mol. The molecule has 142 valence electrons. The summed E-state index contributed by atoms with van der Waals surface area (Å²) < 4.78 is 1.63. The summed E-state index contributed by atoms with van der Waals surface area (Å²) in [5.41, 5.74) is 3.61. The average Bonchev–Trinajstić information content (AvgIpc) is 3.11. The van der Waals surface area contributed by atoms with E-state index in [1.807, 2.05) is 24.3 Å². The van der Waals surface area contributed by atoms with Gasteiger partial charge in [0.15, 0.2) is 5.65 Å². The number of likely N-dealkylation sites (tertiary alicyclic amines) is 1. The fourth-order valence-corrected chi connectivity index (χ4v) is 3.53. The zero-order valence-electron chi connectivity index (χ0n) is 15.2. The molecule has 1 amide bonds. The molecule has 3 aromatic rings. The highest BCUT2D eigenvalue weighted by molar-refractivity contribution is 5.80. The molecule has 1 aliphatic heterocycles. The highest BCUT2D eigenvalue weighted by Crippen LogP contribution is 2.23. The van der Waals surface area contributed by atoms with Gasteiger partial charge in [-0.1, -0.05) is 30.3 Å².